The van der Waals surface area contributed by atoms with E-state index in [1.54, 1.807) is 6.92 Å². The molecule has 0 saturated carbocycles. The molecular formula is C21H16F4N2O3. The van der Waals surface area contributed by atoms with Gasteiger partial charge in [-0.25, -0.2) is 14.2 Å². The number of aliphatic carboxylic acids is 1. The minimum atomic E-state index is -4.49. The van der Waals surface area contributed by atoms with Crippen molar-refractivity contribution in [3.63, 3.8) is 0 Å². The SMILES string of the molecule is CC1=NN(c2ccc(F)cc2)C(=O)C1C/C(=C/c1ccc(C(F)(F)F)cc1)C(=O)O. The lowest BCUT2D eigenvalue weighted by Gasteiger charge is -2.14. The summed E-state index contributed by atoms with van der Waals surface area (Å²) in [5, 5.41) is 14.7. The van der Waals surface area contributed by atoms with Crippen molar-refractivity contribution in [2.24, 2.45) is 11.0 Å². The molecule has 1 unspecified atom stereocenters. The van der Waals surface area contributed by atoms with Gasteiger partial charge in [0.15, 0.2) is 0 Å². The first-order chi connectivity index (χ1) is 14.1. The third-order valence-electron chi connectivity index (χ3n) is 4.62. The van der Waals surface area contributed by atoms with E-state index in [1.807, 2.05) is 0 Å². The van der Waals surface area contributed by atoms with E-state index in [1.165, 1.54) is 30.3 Å². The molecule has 3 rings (SSSR count). The third-order valence-corrected chi connectivity index (χ3v) is 4.62. The van der Waals surface area contributed by atoms with Crippen molar-refractivity contribution in [1.82, 2.24) is 0 Å². The maximum atomic E-state index is 13.1. The highest BCUT2D eigenvalue weighted by Crippen LogP contribution is 2.31. The molecule has 0 bridgehead atoms. The Morgan fingerprint density at radius 1 is 1.13 bits per heavy atom. The molecule has 30 heavy (non-hydrogen) atoms. The fourth-order valence-corrected chi connectivity index (χ4v) is 3.00. The zero-order valence-corrected chi connectivity index (χ0v) is 15.7. The number of carbonyl (C=O) groups excluding carboxylic acids is 1. The number of hydrogen-bond acceptors (Lipinski definition) is 3. The van der Waals surface area contributed by atoms with E-state index in [4.69, 9.17) is 0 Å². The van der Waals surface area contributed by atoms with Gasteiger partial charge in [0, 0.05) is 11.3 Å². The molecule has 9 heteroatoms. The van der Waals surface area contributed by atoms with Crippen molar-refractivity contribution in [2.45, 2.75) is 19.5 Å². The van der Waals surface area contributed by atoms with Crippen molar-refractivity contribution < 1.29 is 32.3 Å². The van der Waals surface area contributed by atoms with Gasteiger partial charge in [0.25, 0.3) is 5.91 Å². The van der Waals surface area contributed by atoms with E-state index in [0.717, 1.165) is 29.3 Å². The lowest BCUT2D eigenvalue weighted by molar-refractivity contribution is -0.137. The van der Waals surface area contributed by atoms with Crippen LogP contribution in [0.5, 0.6) is 0 Å². The first-order valence-electron chi connectivity index (χ1n) is 8.82. The predicted molar refractivity (Wildman–Crippen MR) is 102 cm³/mol. The first-order valence-corrected chi connectivity index (χ1v) is 8.82. The van der Waals surface area contributed by atoms with Crippen LogP contribution >= 0.6 is 0 Å². The second-order valence-electron chi connectivity index (χ2n) is 6.72. The predicted octanol–water partition coefficient (Wildman–Crippen LogP) is 4.74. The number of carbonyl (C=O) groups is 2. The number of halogens is 4. The lowest BCUT2D eigenvalue weighted by Crippen LogP contribution is -2.28. The quantitative estimate of drug-likeness (QED) is 0.561. The summed E-state index contributed by atoms with van der Waals surface area (Å²) >= 11 is 0. The van der Waals surface area contributed by atoms with Crippen molar-refractivity contribution in [3.8, 4) is 0 Å². The van der Waals surface area contributed by atoms with E-state index in [0.29, 0.717) is 11.4 Å². The van der Waals surface area contributed by atoms with Crippen LogP contribution in [0.15, 0.2) is 59.2 Å². The molecule has 0 saturated heterocycles. The monoisotopic (exact) mass is 420 g/mol. The average Bonchev–Trinajstić information content (AvgIpc) is 2.96. The van der Waals surface area contributed by atoms with Crippen LogP contribution in [0, 0.1) is 11.7 Å². The summed E-state index contributed by atoms with van der Waals surface area (Å²) in [7, 11) is 0. The van der Waals surface area contributed by atoms with Gasteiger partial charge in [-0.05, 0) is 61.4 Å². The molecule has 0 aromatic heterocycles. The Labute approximate surface area is 168 Å². The summed E-state index contributed by atoms with van der Waals surface area (Å²) in [5.74, 6) is -3.10. The summed E-state index contributed by atoms with van der Waals surface area (Å²) in [6, 6.07) is 9.14. The van der Waals surface area contributed by atoms with Gasteiger partial charge < -0.3 is 5.11 Å². The highest BCUT2D eigenvalue weighted by atomic mass is 19.4. The Kier molecular flexibility index (Phi) is 5.73. The molecule has 1 atom stereocenters. The van der Waals surface area contributed by atoms with Gasteiger partial charge in [-0.15, -0.1) is 0 Å². The van der Waals surface area contributed by atoms with Crippen LogP contribution in [-0.2, 0) is 15.8 Å². The van der Waals surface area contributed by atoms with Gasteiger partial charge in [0.1, 0.15) is 5.82 Å². The zero-order chi connectivity index (χ0) is 22.1. The molecule has 0 fully saturated rings. The summed E-state index contributed by atoms with van der Waals surface area (Å²) in [6.45, 7) is 1.57. The first kappa shape index (κ1) is 21.2. The molecule has 1 aliphatic heterocycles. The van der Waals surface area contributed by atoms with Crippen LogP contribution in [0.2, 0.25) is 0 Å². The number of hydrazone groups is 1. The Bertz CT molecular complexity index is 1030. The number of anilines is 1. The third kappa shape index (κ3) is 4.56. The molecule has 1 heterocycles. The zero-order valence-electron chi connectivity index (χ0n) is 15.7. The molecule has 1 N–H and O–H groups in total. The van der Waals surface area contributed by atoms with Crippen molar-refractivity contribution in [2.75, 3.05) is 5.01 Å². The molecule has 2 aromatic rings. The number of carboxylic acids is 1. The normalized spacial score (nSPS) is 17.3. The van der Waals surface area contributed by atoms with Gasteiger partial charge in [0.2, 0.25) is 0 Å². The van der Waals surface area contributed by atoms with Gasteiger partial charge in [-0.3, -0.25) is 4.79 Å². The molecule has 0 spiro atoms. The van der Waals surface area contributed by atoms with Crippen LogP contribution < -0.4 is 5.01 Å². The number of hydrogen-bond donors (Lipinski definition) is 1. The second-order valence-corrected chi connectivity index (χ2v) is 6.72. The van der Waals surface area contributed by atoms with E-state index >= 15 is 0 Å². The van der Waals surface area contributed by atoms with E-state index in [2.05, 4.69) is 5.10 Å². The fraction of sp³-hybridized carbons (Fsp3) is 0.190. The molecule has 0 aliphatic carbocycles. The van der Waals surface area contributed by atoms with Gasteiger partial charge in [-0.2, -0.15) is 18.3 Å². The van der Waals surface area contributed by atoms with E-state index in [9.17, 15) is 32.3 Å². The number of rotatable bonds is 5. The minimum absolute atomic E-state index is 0.149. The van der Waals surface area contributed by atoms with Crippen LogP contribution in [0.3, 0.4) is 0 Å². The Hall–Kier alpha value is -3.49. The van der Waals surface area contributed by atoms with E-state index < -0.39 is 35.4 Å². The number of carboxylic acid groups (broad SMARTS) is 1. The van der Waals surface area contributed by atoms with Crippen molar-refractivity contribution in [3.05, 3.63) is 71.0 Å². The number of benzene rings is 2. The number of amides is 1. The molecule has 2 aromatic carbocycles. The van der Waals surface area contributed by atoms with Crippen molar-refractivity contribution >= 4 is 29.4 Å². The Balaban J connectivity index is 1.82. The summed E-state index contributed by atoms with van der Waals surface area (Å²) < 4.78 is 51.1. The van der Waals surface area contributed by atoms with Gasteiger partial charge in [-0.1, -0.05) is 12.1 Å². The maximum absolute atomic E-state index is 13.1. The molecule has 1 amide bonds. The van der Waals surface area contributed by atoms with E-state index in [-0.39, 0.29) is 17.6 Å². The second kappa shape index (κ2) is 8.10. The topological polar surface area (TPSA) is 70.0 Å². The van der Waals surface area contributed by atoms with Gasteiger partial charge >= 0.3 is 12.1 Å². The van der Waals surface area contributed by atoms with Crippen LogP contribution in [0.25, 0.3) is 6.08 Å². The molecule has 1 aliphatic rings. The number of alkyl halides is 3. The van der Waals surface area contributed by atoms with Crippen LogP contribution in [-0.4, -0.2) is 22.7 Å². The minimum Gasteiger partial charge on any atom is -0.478 e. The standard InChI is InChI=1S/C21H16F4N2O3/c1-12-18(19(28)27(26-12)17-8-6-16(22)7-9-17)11-14(20(29)30)10-13-2-4-15(5-3-13)21(23,24)25/h2-10,18H,11H2,1H3,(H,29,30)/b14-10-. The molecule has 156 valence electrons. The lowest BCUT2D eigenvalue weighted by atomic mass is 9.93. The molecular weight excluding hydrogens is 404 g/mol. The average molecular weight is 420 g/mol. The smallest absolute Gasteiger partial charge is 0.416 e. The fourth-order valence-electron chi connectivity index (χ4n) is 3.00. The summed E-state index contributed by atoms with van der Waals surface area (Å²) in [6.07, 6.45) is -3.46. The highest BCUT2D eigenvalue weighted by Gasteiger charge is 2.36. The molecule has 0 radical (unpaired) electrons. The molecule has 5 nitrogen and oxygen atoms in total. The largest absolute Gasteiger partial charge is 0.478 e. The maximum Gasteiger partial charge on any atom is 0.416 e. The van der Waals surface area contributed by atoms with Crippen LogP contribution in [0.4, 0.5) is 23.2 Å². The number of nitrogens with zero attached hydrogens (tertiary/aromatic N) is 2. The van der Waals surface area contributed by atoms with Crippen molar-refractivity contribution in [1.29, 1.82) is 0 Å². The van der Waals surface area contributed by atoms with Crippen LogP contribution in [0.1, 0.15) is 24.5 Å². The highest BCUT2D eigenvalue weighted by molar-refractivity contribution is 6.15. The Morgan fingerprint density at radius 2 is 1.73 bits per heavy atom. The summed E-state index contributed by atoms with van der Waals surface area (Å²) in [4.78, 5) is 24.4. The Morgan fingerprint density at radius 3 is 2.27 bits per heavy atom. The summed E-state index contributed by atoms with van der Waals surface area (Å²) in [5.41, 5.74) is -0.0180. The van der Waals surface area contributed by atoms with Gasteiger partial charge in [0.05, 0.1) is 17.2 Å².